The molecule has 2 aliphatic rings. The van der Waals surface area contributed by atoms with Gasteiger partial charge in [0.25, 0.3) is 5.69 Å². The van der Waals surface area contributed by atoms with Gasteiger partial charge in [0.2, 0.25) is 5.91 Å². The van der Waals surface area contributed by atoms with Crippen LogP contribution in [0.5, 0.6) is 0 Å². The summed E-state index contributed by atoms with van der Waals surface area (Å²) in [4.78, 5) is 39.9. The molecule has 1 fully saturated rings. The summed E-state index contributed by atoms with van der Waals surface area (Å²) in [5.41, 5.74) is 0.497. The van der Waals surface area contributed by atoms with E-state index in [9.17, 15) is 23.9 Å². The van der Waals surface area contributed by atoms with E-state index >= 15 is 0 Å². The van der Waals surface area contributed by atoms with Gasteiger partial charge in [0.05, 0.1) is 38.7 Å². The molecule has 2 unspecified atom stereocenters. The van der Waals surface area contributed by atoms with Gasteiger partial charge >= 0.3 is 5.97 Å². The van der Waals surface area contributed by atoms with E-state index in [-0.39, 0.29) is 47.0 Å². The second kappa shape index (κ2) is 11.0. The monoisotopic (exact) mass is 584 g/mol. The lowest BCUT2D eigenvalue weighted by Gasteiger charge is -2.50. The summed E-state index contributed by atoms with van der Waals surface area (Å²) in [6.07, 6.45) is -0.376. The van der Waals surface area contributed by atoms with Crippen molar-refractivity contribution in [3.63, 3.8) is 0 Å². The van der Waals surface area contributed by atoms with Crippen molar-refractivity contribution in [2.45, 2.75) is 76.4 Å². The van der Waals surface area contributed by atoms with Crippen LogP contribution in [0.15, 0.2) is 70.1 Å². The molecule has 5 atom stereocenters. The summed E-state index contributed by atoms with van der Waals surface area (Å²) < 4.78 is 26.0. The summed E-state index contributed by atoms with van der Waals surface area (Å²) in [5.74, 6) is -1.84. The number of carbonyl (C=O) groups excluding carboxylic acids is 2. The standard InChI is InChI=1S/C29H36N2O7SSi/c1-18-24-23(19(2)38-40(6,7)29(3,4)5)27(32)30(24)25(26(18)39(36)22-11-9-8-10-12-22)28(33)37-17-20-13-15-21(16-14-20)31(34)35/h8-16,18-19,23-24H,17H2,1-7H3/t18-,19?,23-,24-,39?/m1/s1. The van der Waals surface area contributed by atoms with Crippen molar-refractivity contribution in [2.75, 3.05) is 0 Å². The van der Waals surface area contributed by atoms with E-state index in [1.54, 1.807) is 24.3 Å². The van der Waals surface area contributed by atoms with Gasteiger partial charge in [-0.05, 0) is 54.9 Å². The van der Waals surface area contributed by atoms with Gasteiger partial charge < -0.3 is 14.1 Å². The first-order chi connectivity index (χ1) is 18.7. The molecular formula is C29H36N2O7SSi. The topological polar surface area (TPSA) is 116 Å². The highest BCUT2D eigenvalue weighted by Gasteiger charge is 2.62. The van der Waals surface area contributed by atoms with Crippen molar-refractivity contribution in [1.82, 2.24) is 4.90 Å². The molecule has 0 saturated carbocycles. The number of esters is 1. The van der Waals surface area contributed by atoms with Crippen LogP contribution >= 0.6 is 0 Å². The summed E-state index contributed by atoms with van der Waals surface area (Å²) in [6, 6.07) is 14.1. The van der Waals surface area contributed by atoms with E-state index in [0.717, 1.165) is 0 Å². The summed E-state index contributed by atoms with van der Waals surface area (Å²) in [5, 5.41) is 10.9. The van der Waals surface area contributed by atoms with Crippen molar-refractivity contribution in [1.29, 1.82) is 0 Å². The lowest BCUT2D eigenvalue weighted by molar-refractivity contribution is -0.384. The van der Waals surface area contributed by atoms with Crippen molar-refractivity contribution in [3.8, 4) is 0 Å². The van der Waals surface area contributed by atoms with Crippen LogP contribution < -0.4 is 0 Å². The maximum absolute atomic E-state index is 13.8. The van der Waals surface area contributed by atoms with Crippen molar-refractivity contribution in [3.05, 3.63) is 80.9 Å². The molecule has 1 amide bonds. The van der Waals surface area contributed by atoms with Gasteiger partial charge in [-0.1, -0.05) is 45.9 Å². The number of nitro benzene ring substituents is 1. The third-order valence-electron chi connectivity index (χ3n) is 8.25. The van der Waals surface area contributed by atoms with Gasteiger partial charge in [-0.3, -0.25) is 14.9 Å². The fourth-order valence-corrected chi connectivity index (χ4v) is 7.99. The first kappa shape index (κ1) is 29.8. The summed E-state index contributed by atoms with van der Waals surface area (Å²) in [6.45, 7) is 14.3. The Morgan fingerprint density at radius 3 is 2.27 bits per heavy atom. The number of fused-ring (bicyclic) bond motifs is 1. The van der Waals surface area contributed by atoms with Crippen LogP contribution in [0.3, 0.4) is 0 Å². The van der Waals surface area contributed by atoms with Crippen molar-refractivity contribution >= 4 is 36.7 Å². The molecule has 4 rings (SSSR count). The Bertz CT molecular complexity index is 1370. The number of nitro groups is 1. The number of hydrogen-bond acceptors (Lipinski definition) is 7. The maximum atomic E-state index is 13.8. The third-order valence-corrected chi connectivity index (χ3v) is 14.5. The van der Waals surface area contributed by atoms with E-state index in [1.165, 1.54) is 29.2 Å². The Morgan fingerprint density at radius 2 is 1.73 bits per heavy atom. The van der Waals surface area contributed by atoms with E-state index in [2.05, 4.69) is 33.9 Å². The molecular weight excluding hydrogens is 548 g/mol. The van der Waals surface area contributed by atoms with Gasteiger partial charge in [0, 0.05) is 22.9 Å². The number of β-lactam (4-membered cyclic amide) rings is 1. The average molecular weight is 585 g/mol. The first-order valence-corrected chi connectivity index (χ1v) is 17.3. The van der Waals surface area contributed by atoms with Crippen LogP contribution in [-0.4, -0.2) is 46.4 Å². The second-order valence-electron chi connectivity index (χ2n) is 11.9. The molecule has 0 bridgehead atoms. The Morgan fingerprint density at radius 1 is 1.12 bits per heavy atom. The van der Waals surface area contributed by atoms with E-state index in [1.807, 2.05) is 19.9 Å². The Hall–Kier alpha value is -3.15. The van der Waals surface area contributed by atoms with E-state index < -0.39 is 35.9 Å². The van der Waals surface area contributed by atoms with Crippen molar-refractivity contribution in [2.24, 2.45) is 11.8 Å². The normalized spacial score (nSPS) is 22.4. The van der Waals surface area contributed by atoms with Gasteiger partial charge in [-0.15, -0.1) is 0 Å². The highest BCUT2D eigenvalue weighted by atomic mass is 32.2. The van der Waals surface area contributed by atoms with Crippen molar-refractivity contribution < 1.29 is 27.9 Å². The van der Waals surface area contributed by atoms with E-state index in [4.69, 9.17) is 9.16 Å². The SMILES string of the molecule is CC(O[Si](C)(C)C(C)(C)C)[C@H]1C(=O)N2C(C(=O)OCc3ccc([N+](=O)[O-])cc3)=C(S(=O)c3ccccc3)[C@H](C)[C@H]12. The van der Waals surface area contributed by atoms with Gasteiger partial charge in [0.1, 0.15) is 12.3 Å². The number of ether oxygens (including phenoxy) is 1. The quantitative estimate of drug-likeness (QED) is 0.125. The number of benzene rings is 2. The molecule has 0 radical (unpaired) electrons. The Balaban J connectivity index is 1.63. The number of carbonyl (C=O) groups is 2. The predicted molar refractivity (Wildman–Crippen MR) is 154 cm³/mol. The molecule has 2 heterocycles. The zero-order valence-corrected chi connectivity index (χ0v) is 25.7. The van der Waals surface area contributed by atoms with Crippen LogP contribution in [0, 0.1) is 22.0 Å². The number of amides is 1. The smallest absolute Gasteiger partial charge is 0.356 e. The van der Waals surface area contributed by atoms with Gasteiger partial charge in [0.15, 0.2) is 8.32 Å². The molecule has 2 aromatic rings. The number of nitrogens with zero attached hydrogens (tertiary/aromatic N) is 2. The Labute approximate surface area is 238 Å². The highest BCUT2D eigenvalue weighted by Crippen LogP contribution is 2.50. The molecule has 0 aromatic heterocycles. The predicted octanol–water partition coefficient (Wildman–Crippen LogP) is 5.54. The molecule has 9 nitrogen and oxygen atoms in total. The molecule has 11 heteroatoms. The van der Waals surface area contributed by atoms with Crippen LogP contribution in [0.1, 0.15) is 40.2 Å². The fraction of sp³-hybridized carbons (Fsp3) is 0.448. The lowest BCUT2D eigenvalue weighted by atomic mass is 9.79. The molecule has 214 valence electrons. The van der Waals surface area contributed by atoms with Gasteiger partial charge in [-0.2, -0.15) is 0 Å². The molecule has 1 saturated heterocycles. The van der Waals surface area contributed by atoms with Crippen LogP contribution in [0.25, 0.3) is 0 Å². The molecule has 0 spiro atoms. The lowest BCUT2D eigenvalue weighted by Crippen LogP contribution is -2.65. The third kappa shape index (κ3) is 5.42. The molecule has 0 N–H and O–H groups in total. The van der Waals surface area contributed by atoms with Crippen LogP contribution in [0.2, 0.25) is 18.1 Å². The zero-order valence-electron chi connectivity index (χ0n) is 23.9. The van der Waals surface area contributed by atoms with Gasteiger partial charge in [-0.25, -0.2) is 9.00 Å². The number of non-ortho nitro benzene ring substituents is 1. The largest absolute Gasteiger partial charge is 0.456 e. The number of rotatable bonds is 9. The highest BCUT2D eigenvalue weighted by molar-refractivity contribution is 7.89. The molecule has 2 aliphatic heterocycles. The second-order valence-corrected chi connectivity index (χ2v) is 18.1. The van der Waals surface area contributed by atoms with E-state index in [0.29, 0.717) is 15.4 Å². The molecule has 40 heavy (non-hydrogen) atoms. The number of hydrogen-bond donors (Lipinski definition) is 0. The average Bonchev–Trinajstić information content (AvgIpc) is 3.15. The van der Waals surface area contributed by atoms with Crippen LogP contribution in [-0.2, 0) is 36.2 Å². The Kier molecular flexibility index (Phi) is 8.22. The zero-order chi connectivity index (χ0) is 29.6. The molecule has 0 aliphatic carbocycles. The summed E-state index contributed by atoms with van der Waals surface area (Å²) in [7, 11) is -3.87. The minimum absolute atomic E-state index is 0.0161. The summed E-state index contributed by atoms with van der Waals surface area (Å²) >= 11 is 0. The fourth-order valence-electron chi connectivity index (χ4n) is 5.07. The minimum atomic E-state index is -2.18. The first-order valence-electron chi connectivity index (χ1n) is 13.3. The minimum Gasteiger partial charge on any atom is -0.456 e. The van der Waals surface area contributed by atoms with Crippen LogP contribution in [0.4, 0.5) is 5.69 Å². The molecule has 2 aromatic carbocycles. The maximum Gasteiger partial charge on any atom is 0.356 e.